The summed E-state index contributed by atoms with van der Waals surface area (Å²) in [6, 6.07) is 1.73. The van der Waals surface area contributed by atoms with Crippen LogP contribution in [0.25, 0.3) is 0 Å². The standard InChI is InChI=1S/C18H11Cl5N2O4/c1-3-4-25-17(27)8(5-24)7(2)10(18(25)28)9(26)6-29-16-14(22)12(20)11(19)13(21)15(16)23/h3,28H,1,4,6H2,2H3. The molecule has 0 amide bonds. The van der Waals surface area contributed by atoms with E-state index in [4.69, 9.17) is 62.7 Å². The van der Waals surface area contributed by atoms with Crippen LogP contribution in [0.1, 0.15) is 21.5 Å². The van der Waals surface area contributed by atoms with Crippen molar-refractivity contribution in [1.29, 1.82) is 5.26 Å². The summed E-state index contributed by atoms with van der Waals surface area (Å²) >= 11 is 29.9. The summed E-state index contributed by atoms with van der Waals surface area (Å²) in [6.45, 7) is 4.08. The number of ether oxygens (including phenoxy) is 1. The third kappa shape index (κ3) is 4.20. The fourth-order valence-electron chi connectivity index (χ4n) is 2.50. The SMILES string of the molecule is C=CCn1c(O)c(C(=O)COc2c(Cl)c(Cl)c(Cl)c(Cl)c2Cl)c(C)c(C#N)c1=O. The lowest BCUT2D eigenvalue weighted by molar-refractivity contribution is 0.0916. The first-order chi connectivity index (χ1) is 13.6. The molecule has 1 N–H and O–H groups in total. The molecule has 0 fully saturated rings. The first kappa shape index (κ1) is 23.4. The number of nitrogens with zero attached hydrogens (tertiary/aromatic N) is 2. The Morgan fingerprint density at radius 1 is 1.17 bits per heavy atom. The smallest absolute Gasteiger partial charge is 0.271 e. The van der Waals surface area contributed by atoms with Crippen molar-refractivity contribution < 1.29 is 14.6 Å². The average Bonchev–Trinajstić information content (AvgIpc) is 2.68. The summed E-state index contributed by atoms with van der Waals surface area (Å²) < 4.78 is 6.22. The second-order valence-electron chi connectivity index (χ2n) is 5.63. The molecular weight excluding hydrogens is 485 g/mol. The number of halogens is 5. The summed E-state index contributed by atoms with van der Waals surface area (Å²) in [4.78, 5) is 25.0. The molecule has 0 aliphatic rings. The minimum atomic E-state index is -0.748. The third-order valence-corrected chi connectivity index (χ3v) is 6.15. The molecule has 152 valence electrons. The zero-order valence-corrected chi connectivity index (χ0v) is 18.4. The molecule has 0 atom stereocenters. The molecule has 0 saturated heterocycles. The second-order valence-corrected chi connectivity index (χ2v) is 7.52. The van der Waals surface area contributed by atoms with Gasteiger partial charge in [-0.3, -0.25) is 14.2 Å². The average molecular weight is 497 g/mol. The number of aromatic hydroxyl groups is 1. The molecule has 1 aromatic carbocycles. The zero-order valence-electron chi connectivity index (χ0n) is 14.7. The Labute approximate surface area is 190 Å². The molecule has 0 bridgehead atoms. The number of hydrogen-bond donors (Lipinski definition) is 1. The van der Waals surface area contributed by atoms with E-state index >= 15 is 0 Å². The number of ketones is 1. The van der Waals surface area contributed by atoms with Gasteiger partial charge < -0.3 is 9.84 Å². The Morgan fingerprint density at radius 2 is 1.69 bits per heavy atom. The van der Waals surface area contributed by atoms with Crippen molar-refractivity contribution in [3.05, 3.63) is 64.8 Å². The number of Topliss-reactive ketones (excluding diaryl/α,β-unsaturated/α-hetero) is 1. The van der Waals surface area contributed by atoms with Crippen molar-refractivity contribution in [2.24, 2.45) is 0 Å². The van der Waals surface area contributed by atoms with Crippen LogP contribution in [0, 0.1) is 18.3 Å². The summed E-state index contributed by atoms with van der Waals surface area (Å²) in [7, 11) is 0. The van der Waals surface area contributed by atoms with Gasteiger partial charge in [-0.05, 0) is 12.5 Å². The van der Waals surface area contributed by atoms with Crippen LogP contribution in [0.15, 0.2) is 17.4 Å². The van der Waals surface area contributed by atoms with Crippen LogP contribution in [-0.4, -0.2) is 22.1 Å². The van der Waals surface area contributed by atoms with E-state index in [0.717, 1.165) is 4.57 Å². The number of hydrogen-bond acceptors (Lipinski definition) is 5. The van der Waals surface area contributed by atoms with E-state index in [1.807, 2.05) is 0 Å². The van der Waals surface area contributed by atoms with Gasteiger partial charge in [0.25, 0.3) is 5.56 Å². The van der Waals surface area contributed by atoms with Gasteiger partial charge in [-0.15, -0.1) is 6.58 Å². The van der Waals surface area contributed by atoms with Gasteiger partial charge in [-0.2, -0.15) is 5.26 Å². The van der Waals surface area contributed by atoms with Gasteiger partial charge in [-0.1, -0.05) is 64.1 Å². The van der Waals surface area contributed by atoms with Gasteiger partial charge in [0.05, 0.1) is 20.6 Å². The van der Waals surface area contributed by atoms with Crippen LogP contribution in [-0.2, 0) is 6.54 Å². The fourth-order valence-corrected chi connectivity index (χ4v) is 3.73. The Balaban J connectivity index is 2.51. The molecule has 0 unspecified atom stereocenters. The van der Waals surface area contributed by atoms with E-state index < -0.39 is 23.8 Å². The van der Waals surface area contributed by atoms with Crippen LogP contribution in [0.3, 0.4) is 0 Å². The van der Waals surface area contributed by atoms with Crippen molar-refractivity contribution in [1.82, 2.24) is 4.57 Å². The number of benzene rings is 1. The summed E-state index contributed by atoms with van der Waals surface area (Å²) in [5.74, 6) is -1.55. The molecule has 1 aromatic heterocycles. The van der Waals surface area contributed by atoms with Gasteiger partial charge in [-0.25, -0.2) is 0 Å². The highest BCUT2D eigenvalue weighted by atomic mass is 35.5. The number of aromatic nitrogens is 1. The quantitative estimate of drug-likeness (QED) is 0.249. The lowest BCUT2D eigenvalue weighted by atomic mass is 10.0. The largest absolute Gasteiger partial charge is 0.494 e. The van der Waals surface area contributed by atoms with E-state index in [1.165, 1.54) is 13.0 Å². The summed E-state index contributed by atoms with van der Waals surface area (Å²) in [6.07, 6.45) is 1.33. The van der Waals surface area contributed by atoms with Crippen molar-refractivity contribution in [2.45, 2.75) is 13.5 Å². The van der Waals surface area contributed by atoms with Crippen molar-refractivity contribution in [3.8, 4) is 17.7 Å². The molecule has 0 radical (unpaired) electrons. The molecule has 0 aliphatic heterocycles. The Hall–Kier alpha value is -1.88. The number of rotatable bonds is 6. The van der Waals surface area contributed by atoms with E-state index in [9.17, 15) is 20.0 Å². The maximum atomic E-state index is 12.7. The van der Waals surface area contributed by atoms with Gasteiger partial charge in [0.1, 0.15) is 21.7 Å². The zero-order chi connectivity index (χ0) is 22.0. The highest BCUT2D eigenvalue weighted by molar-refractivity contribution is 6.55. The van der Waals surface area contributed by atoms with Gasteiger partial charge in [0.2, 0.25) is 11.7 Å². The Bertz CT molecular complexity index is 1110. The molecular formula is C18H11Cl5N2O4. The molecule has 11 heteroatoms. The number of carbonyl (C=O) groups is 1. The van der Waals surface area contributed by atoms with Crippen molar-refractivity contribution in [2.75, 3.05) is 6.61 Å². The topological polar surface area (TPSA) is 92.3 Å². The molecule has 29 heavy (non-hydrogen) atoms. The van der Waals surface area contributed by atoms with Crippen LogP contribution in [0.5, 0.6) is 11.6 Å². The molecule has 0 saturated carbocycles. The number of carbonyl (C=O) groups excluding carboxylic acids is 1. The van der Waals surface area contributed by atoms with E-state index in [-0.39, 0.29) is 54.1 Å². The predicted octanol–water partition coefficient (Wildman–Crippen LogP) is 5.45. The minimum Gasteiger partial charge on any atom is -0.494 e. The molecule has 0 spiro atoms. The van der Waals surface area contributed by atoms with E-state index in [2.05, 4.69) is 6.58 Å². The lowest BCUT2D eigenvalue weighted by Crippen LogP contribution is -2.27. The van der Waals surface area contributed by atoms with Gasteiger partial charge in [0.15, 0.2) is 12.4 Å². The Kier molecular flexibility index (Phi) is 7.50. The van der Waals surface area contributed by atoms with E-state index in [0.29, 0.717) is 0 Å². The summed E-state index contributed by atoms with van der Waals surface area (Å²) in [5.41, 5.74) is -1.29. The van der Waals surface area contributed by atoms with Crippen LogP contribution in [0.4, 0.5) is 0 Å². The fraction of sp³-hybridized carbons (Fsp3) is 0.167. The first-order valence-electron chi connectivity index (χ1n) is 7.73. The number of pyridine rings is 1. The van der Waals surface area contributed by atoms with Crippen molar-refractivity contribution >= 4 is 63.8 Å². The van der Waals surface area contributed by atoms with Crippen molar-refractivity contribution in [3.63, 3.8) is 0 Å². The van der Waals surface area contributed by atoms with Gasteiger partial charge >= 0.3 is 0 Å². The number of allylic oxidation sites excluding steroid dienone is 1. The normalized spacial score (nSPS) is 10.5. The highest BCUT2D eigenvalue weighted by Gasteiger charge is 2.26. The molecule has 2 aromatic rings. The molecule has 1 heterocycles. The maximum Gasteiger partial charge on any atom is 0.271 e. The predicted molar refractivity (Wildman–Crippen MR) is 113 cm³/mol. The van der Waals surface area contributed by atoms with Crippen LogP contribution in [0.2, 0.25) is 25.1 Å². The van der Waals surface area contributed by atoms with Crippen LogP contribution < -0.4 is 10.3 Å². The third-order valence-electron chi connectivity index (χ3n) is 3.91. The second kappa shape index (κ2) is 9.29. The lowest BCUT2D eigenvalue weighted by Gasteiger charge is -2.16. The summed E-state index contributed by atoms with van der Waals surface area (Å²) in [5, 5.41) is 19.1. The Morgan fingerprint density at radius 3 is 2.17 bits per heavy atom. The van der Waals surface area contributed by atoms with E-state index in [1.54, 1.807) is 6.07 Å². The number of nitriles is 1. The maximum absolute atomic E-state index is 12.7. The molecule has 2 rings (SSSR count). The molecule has 0 aliphatic carbocycles. The monoisotopic (exact) mass is 494 g/mol. The minimum absolute atomic E-state index is 0.00766. The van der Waals surface area contributed by atoms with Crippen LogP contribution >= 0.6 is 58.0 Å². The van der Waals surface area contributed by atoms with Gasteiger partial charge in [0, 0.05) is 6.54 Å². The first-order valence-corrected chi connectivity index (χ1v) is 9.62. The molecule has 6 nitrogen and oxygen atoms in total. The highest BCUT2D eigenvalue weighted by Crippen LogP contribution is 2.48.